The fourth-order valence-corrected chi connectivity index (χ4v) is 3.01. The summed E-state index contributed by atoms with van der Waals surface area (Å²) in [5.41, 5.74) is -1.14. The van der Waals surface area contributed by atoms with Crippen LogP contribution in [0.1, 0.15) is 18.4 Å². The van der Waals surface area contributed by atoms with E-state index in [0.717, 1.165) is 6.07 Å². The van der Waals surface area contributed by atoms with E-state index in [1.807, 2.05) is 4.72 Å². The van der Waals surface area contributed by atoms with Crippen LogP contribution in [0, 0.1) is 0 Å². The molecule has 2 N–H and O–H groups in total. The first-order valence-corrected chi connectivity index (χ1v) is 7.48. The highest BCUT2D eigenvalue weighted by atomic mass is 35.5. The topological polar surface area (TPSA) is 83.5 Å². The van der Waals surface area contributed by atoms with Crippen LogP contribution in [0.2, 0.25) is 5.02 Å². The molecule has 118 valence electrons. The van der Waals surface area contributed by atoms with Crippen LogP contribution in [-0.2, 0) is 21.0 Å². The van der Waals surface area contributed by atoms with Gasteiger partial charge in [-0.3, -0.25) is 4.79 Å². The number of halogens is 4. The van der Waals surface area contributed by atoms with Crippen molar-refractivity contribution >= 4 is 27.6 Å². The maximum atomic E-state index is 12.6. The molecule has 0 atom stereocenters. The minimum Gasteiger partial charge on any atom is -0.481 e. The van der Waals surface area contributed by atoms with Crippen molar-refractivity contribution in [3.8, 4) is 0 Å². The summed E-state index contributed by atoms with van der Waals surface area (Å²) in [6.45, 7) is -0.221. The first kappa shape index (κ1) is 17.7. The highest BCUT2D eigenvalue weighted by Crippen LogP contribution is 2.33. The molecule has 21 heavy (non-hydrogen) atoms. The molecule has 1 aromatic carbocycles. The summed E-state index contributed by atoms with van der Waals surface area (Å²) in [6, 6.07) is 1.95. The average Bonchev–Trinajstić information content (AvgIpc) is 2.33. The van der Waals surface area contributed by atoms with Gasteiger partial charge in [-0.2, -0.15) is 13.2 Å². The first-order valence-electron chi connectivity index (χ1n) is 5.62. The van der Waals surface area contributed by atoms with Crippen LogP contribution in [0.3, 0.4) is 0 Å². The number of carbonyl (C=O) groups is 1. The second kappa shape index (κ2) is 6.63. The smallest absolute Gasteiger partial charge is 0.416 e. The van der Waals surface area contributed by atoms with Gasteiger partial charge in [0.2, 0.25) is 10.0 Å². The van der Waals surface area contributed by atoms with Gasteiger partial charge >= 0.3 is 12.1 Å². The summed E-state index contributed by atoms with van der Waals surface area (Å²) >= 11 is 5.61. The van der Waals surface area contributed by atoms with Crippen LogP contribution >= 0.6 is 11.6 Å². The van der Waals surface area contributed by atoms with Crippen molar-refractivity contribution in [2.45, 2.75) is 23.9 Å². The number of nitrogens with one attached hydrogen (secondary N) is 1. The molecule has 1 rings (SSSR count). The molecule has 0 unspecified atom stereocenters. The van der Waals surface area contributed by atoms with Crippen molar-refractivity contribution in [3.63, 3.8) is 0 Å². The van der Waals surface area contributed by atoms with E-state index < -0.39 is 32.6 Å². The summed E-state index contributed by atoms with van der Waals surface area (Å²) in [5.74, 6) is -1.11. The predicted molar refractivity (Wildman–Crippen MR) is 68.5 cm³/mol. The van der Waals surface area contributed by atoms with E-state index in [-0.39, 0.29) is 24.4 Å². The Morgan fingerprint density at radius 1 is 1.33 bits per heavy atom. The number of hydrogen-bond donors (Lipinski definition) is 2. The number of benzene rings is 1. The lowest BCUT2D eigenvalue weighted by Gasteiger charge is -2.11. The number of alkyl halides is 3. The average molecular weight is 346 g/mol. The number of carboxylic acid groups (broad SMARTS) is 1. The fraction of sp³-hybridized carbons (Fsp3) is 0.364. The zero-order chi connectivity index (χ0) is 16.3. The Balaban J connectivity index is 2.95. The standard InChI is InChI=1S/C11H11ClF3NO4S/c12-8-4-3-7(11(13,14)15)6-9(8)21(19,20)16-5-1-2-10(17)18/h3-4,6,16H,1-2,5H2,(H,17,18). The Bertz CT molecular complexity index is 631. The summed E-state index contributed by atoms with van der Waals surface area (Å²) < 4.78 is 63.4. The van der Waals surface area contributed by atoms with Crippen molar-refractivity contribution in [3.05, 3.63) is 28.8 Å². The minimum absolute atomic E-state index is 0.00510. The van der Waals surface area contributed by atoms with Crippen LogP contribution in [0.25, 0.3) is 0 Å². The van der Waals surface area contributed by atoms with E-state index in [1.54, 1.807) is 0 Å². The molecule has 0 spiro atoms. The first-order chi connectivity index (χ1) is 9.54. The predicted octanol–water partition coefficient (Wildman–Crippen LogP) is 2.50. The van der Waals surface area contributed by atoms with Gasteiger partial charge in [0.15, 0.2) is 0 Å². The Labute approximate surface area is 123 Å². The summed E-state index contributed by atoms with van der Waals surface area (Å²) in [7, 11) is -4.25. The molecule has 0 amide bonds. The summed E-state index contributed by atoms with van der Waals surface area (Å²) in [5, 5.41) is 8.05. The van der Waals surface area contributed by atoms with E-state index in [9.17, 15) is 26.4 Å². The number of hydrogen-bond acceptors (Lipinski definition) is 3. The molecule has 10 heteroatoms. The molecule has 5 nitrogen and oxygen atoms in total. The summed E-state index contributed by atoms with van der Waals surface area (Å²) in [6.07, 6.45) is -4.96. The minimum atomic E-state index is -4.70. The maximum Gasteiger partial charge on any atom is 0.416 e. The molecular formula is C11H11ClF3NO4S. The Hall–Kier alpha value is -1.32. The molecule has 0 aliphatic heterocycles. The SMILES string of the molecule is O=C(O)CCCNS(=O)(=O)c1cc(C(F)(F)F)ccc1Cl. The van der Waals surface area contributed by atoms with Gasteiger partial charge in [-0.05, 0) is 24.6 Å². The van der Waals surface area contributed by atoms with E-state index in [1.165, 1.54) is 0 Å². The second-order valence-corrected chi connectivity index (χ2v) is 6.18. The molecule has 0 saturated heterocycles. The lowest BCUT2D eigenvalue weighted by atomic mass is 10.2. The molecule has 0 aromatic heterocycles. The number of sulfonamides is 1. The third-order valence-corrected chi connectivity index (χ3v) is 4.35. The third kappa shape index (κ3) is 5.18. The highest BCUT2D eigenvalue weighted by Gasteiger charge is 2.32. The molecule has 0 saturated carbocycles. The van der Waals surface area contributed by atoms with E-state index in [0.29, 0.717) is 12.1 Å². The normalized spacial score (nSPS) is 12.4. The molecular weight excluding hydrogens is 335 g/mol. The lowest BCUT2D eigenvalue weighted by Crippen LogP contribution is -2.26. The fourth-order valence-electron chi connectivity index (χ4n) is 1.41. The van der Waals surface area contributed by atoms with Crippen molar-refractivity contribution in [2.24, 2.45) is 0 Å². The Morgan fingerprint density at radius 2 is 1.95 bits per heavy atom. The van der Waals surface area contributed by atoms with Gasteiger partial charge in [-0.15, -0.1) is 0 Å². The zero-order valence-corrected chi connectivity index (χ0v) is 12.0. The van der Waals surface area contributed by atoms with Gasteiger partial charge in [0.25, 0.3) is 0 Å². The molecule has 0 radical (unpaired) electrons. The maximum absolute atomic E-state index is 12.6. The second-order valence-electron chi connectivity index (χ2n) is 4.04. The van der Waals surface area contributed by atoms with Crippen LogP contribution in [-0.4, -0.2) is 26.0 Å². The largest absolute Gasteiger partial charge is 0.481 e. The van der Waals surface area contributed by atoms with Crippen molar-refractivity contribution < 1.29 is 31.5 Å². The van der Waals surface area contributed by atoms with Crippen molar-refractivity contribution in [1.82, 2.24) is 4.72 Å². The molecule has 1 aromatic rings. The third-order valence-electron chi connectivity index (χ3n) is 2.41. The summed E-state index contributed by atoms with van der Waals surface area (Å²) in [4.78, 5) is 9.58. The Kier molecular flexibility index (Phi) is 5.60. The van der Waals surface area contributed by atoms with Crippen molar-refractivity contribution in [1.29, 1.82) is 0 Å². The number of carboxylic acids is 1. The van der Waals surface area contributed by atoms with Crippen LogP contribution in [0.5, 0.6) is 0 Å². The van der Waals surface area contributed by atoms with Gasteiger partial charge in [-0.1, -0.05) is 11.6 Å². The van der Waals surface area contributed by atoms with E-state index >= 15 is 0 Å². The van der Waals surface area contributed by atoms with Crippen LogP contribution in [0.15, 0.2) is 23.1 Å². The quantitative estimate of drug-likeness (QED) is 0.776. The van der Waals surface area contributed by atoms with E-state index in [4.69, 9.17) is 16.7 Å². The molecule has 0 heterocycles. The Morgan fingerprint density at radius 3 is 2.48 bits per heavy atom. The van der Waals surface area contributed by atoms with Gasteiger partial charge < -0.3 is 5.11 Å². The van der Waals surface area contributed by atoms with Gasteiger partial charge in [0, 0.05) is 13.0 Å². The molecule has 0 fully saturated rings. The number of rotatable bonds is 6. The van der Waals surface area contributed by atoms with Crippen LogP contribution in [0.4, 0.5) is 13.2 Å². The van der Waals surface area contributed by atoms with E-state index in [2.05, 4.69) is 0 Å². The lowest BCUT2D eigenvalue weighted by molar-refractivity contribution is -0.138. The zero-order valence-electron chi connectivity index (χ0n) is 10.4. The molecule has 0 aliphatic rings. The van der Waals surface area contributed by atoms with Crippen molar-refractivity contribution in [2.75, 3.05) is 6.54 Å². The van der Waals surface area contributed by atoms with Gasteiger partial charge in [0.1, 0.15) is 4.90 Å². The number of aliphatic carboxylic acids is 1. The molecule has 0 bridgehead atoms. The van der Waals surface area contributed by atoms with Crippen LogP contribution < -0.4 is 4.72 Å². The monoisotopic (exact) mass is 345 g/mol. The van der Waals surface area contributed by atoms with Gasteiger partial charge in [-0.25, -0.2) is 13.1 Å². The highest BCUT2D eigenvalue weighted by molar-refractivity contribution is 7.89. The van der Waals surface area contributed by atoms with Gasteiger partial charge in [0.05, 0.1) is 10.6 Å². The molecule has 0 aliphatic carbocycles.